The van der Waals surface area contributed by atoms with E-state index < -0.39 is 17.8 Å². The number of carboxylic acid groups (broad SMARTS) is 1. The van der Waals surface area contributed by atoms with Crippen LogP contribution in [0.1, 0.15) is 24.2 Å². The summed E-state index contributed by atoms with van der Waals surface area (Å²) in [5.41, 5.74) is 0.0744. The van der Waals surface area contributed by atoms with Gasteiger partial charge in [-0.3, -0.25) is 9.59 Å². The number of hydrogen-bond acceptors (Lipinski definition) is 4. The van der Waals surface area contributed by atoms with Crippen molar-refractivity contribution >= 4 is 11.9 Å². The van der Waals surface area contributed by atoms with Crippen LogP contribution in [0.25, 0.3) is 0 Å². The molecule has 0 heterocycles. The Balaban J connectivity index is 2.72. The normalized spacial score (nSPS) is 12.2. The van der Waals surface area contributed by atoms with E-state index in [0.29, 0.717) is 0 Å². The number of carboxylic acids is 1. The van der Waals surface area contributed by atoms with Crippen LogP contribution in [0.15, 0.2) is 18.2 Å². The van der Waals surface area contributed by atoms with Gasteiger partial charge in [-0.1, -0.05) is 13.8 Å². The Morgan fingerprint density at radius 1 is 1.16 bits per heavy atom. The van der Waals surface area contributed by atoms with E-state index in [2.05, 4.69) is 5.32 Å². The lowest BCUT2D eigenvalue weighted by molar-refractivity contribution is -0.142. The molecule has 104 valence electrons. The average molecular weight is 267 g/mol. The minimum absolute atomic E-state index is 0.0117. The van der Waals surface area contributed by atoms with Gasteiger partial charge in [0.25, 0.3) is 5.91 Å². The number of nitrogens with one attached hydrogen (secondary N) is 1. The summed E-state index contributed by atoms with van der Waals surface area (Å²) in [6.45, 7) is 3.50. The molecular formula is C13H17NO5. The molecule has 0 aliphatic carbocycles. The van der Waals surface area contributed by atoms with Crippen molar-refractivity contribution in [2.75, 3.05) is 6.54 Å². The van der Waals surface area contributed by atoms with E-state index >= 15 is 0 Å². The lowest BCUT2D eigenvalue weighted by Gasteiger charge is -2.16. The summed E-state index contributed by atoms with van der Waals surface area (Å²) < 4.78 is 0. The van der Waals surface area contributed by atoms with Crippen LogP contribution in [0.2, 0.25) is 0 Å². The number of hydrogen-bond donors (Lipinski definition) is 4. The molecule has 6 heteroatoms. The molecule has 19 heavy (non-hydrogen) atoms. The standard InChI is InChI=1S/C13H17NO5/c1-7(2)11(13(18)19)6-14-12(17)8-3-9(15)5-10(16)4-8/h3-5,7,11,15-16H,6H2,1-2H3,(H,14,17)(H,18,19). The predicted molar refractivity (Wildman–Crippen MR) is 68.1 cm³/mol. The van der Waals surface area contributed by atoms with Gasteiger partial charge in [-0.05, 0) is 18.1 Å². The van der Waals surface area contributed by atoms with Crippen molar-refractivity contribution in [2.24, 2.45) is 11.8 Å². The fraction of sp³-hybridized carbons (Fsp3) is 0.385. The van der Waals surface area contributed by atoms with Gasteiger partial charge in [0.1, 0.15) is 11.5 Å². The maximum absolute atomic E-state index is 11.8. The van der Waals surface area contributed by atoms with Gasteiger partial charge >= 0.3 is 5.97 Å². The predicted octanol–water partition coefficient (Wildman–Crippen LogP) is 1.18. The molecule has 0 aliphatic rings. The number of benzene rings is 1. The summed E-state index contributed by atoms with van der Waals surface area (Å²) in [6, 6.07) is 3.49. The van der Waals surface area contributed by atoms with Crippen molar-refractivity contribution in [1.82, 2.24) is 5.32 Å². The number of rotatable bonds is 5. The first-order valence-corrected chi connectivity index (χ1v) is 5.85. The first kappa shape index (κ1) is 14.8. The van der Waals surface area contributed by atoms with Crippen molar-refractivity contribution in [1.29, 1.82) is 0 Å². The van der Waals surface area contributed by atoms with Gasteiger partial charge in [0.15, 0.2) is 0 Å². The smallest absolute Gasteiger partial charge is 0.308 e. The van der Waals surface area contributed by atoms with Crippen molar-refractivity contribution in [3.63, 3.8) is 0 Å². The third kappa shape index (κ3) is 4.17. The summed E-state index contributed by atoms with van der Waals surface area (Å²) >= 11 is 0. The molecule has 1 aromatic carbocycles. The van der Waals surface area contributed by atoms with E-state index in [1.165, 1.54) is 12.1 Å². The minimum Gasteiger partial charge on any atom is -0.508 e. The summed E-state index contributed by atoms with van der Waals surface area (Å²) in [5.74, 6) is -2.79. The van der Waals surface area contributed by atoms with Crippen LogP contribution in [0.4, 0.5) is 0 Å². The van der Waals surface area contributed by atoms with Gasteiger partial charge in [-0.2, -0.15) is 0 Å². The van der Waals surface area contributed by atoms with Crippen LogP contribution in [0, 0.1) is 11.8 Å². The van der Waals surface area contributed by atoms with Crippen LogP contribution in [-0.2, 0) is 4.79 Å². The molecule has 0 radical (unpaired) electrons. The Morgan fingerprint density at radius 2 is 1.68 bits per heavy atom. The third-order valence-corrected chi connectivity index (χ3v) is 2.77. The Bertz CT molecular complexity index is 464. The lowest BCUT2D eigenvalue weighted by Crippen LogP contribution is -2.35. The second kappa shape index (κ2) is 6.08. The number of carbonyl (C=O) groups is 2. The molecule has 1 aromatic rings. The monoisotopic (exact) mass is 267 g/mol. The highest BCUT2D eigenvalue weighted by molar-refractivity contribution is 5.95. The topological polar surface area (TPSA) is 107 Å². The summed E-state index contributed by atoms with van der Waals surface area (Å²) in [5, 5.41) is 30.0. The zero-order chi connectivity index (χ0) is 14.6. The molecule has 0 saturated heterocycles. The van der Waals surface area contributed by atoms with Crippen molar-refractivity contribution in [2.45, 2.75) is 13.8 Å². The zero-order valence-corrected chi connectivity index (χ0v) is 10.8. The Morgan fingerprint density at radius 3 is 2.11 bits per heavy atom. The largest absolute Gasteiger partial charge is 0.508 e. The number of carbonyl (C=O) groups excluding carboxylic acids is 1. The Kier molecular flexibility index (Phi) is 4.74. The van der Waals surface area contributed by atoms with Gasteiger partial charge in [0.2, 0.25) is 0 Å². The highest BCUT2D eigenvalue weighted by Crippen LogP contribution is 2.20. The molecule has 0 saturated carbocycles. The van der Waals surface area contributed by atoms with Gasteiger partial charge in [-0.15, -0.1) is 0 Å². The van der Waals surface area contributed by atoms with E-state index in [1.54, 1.807) is 13.8 Å². The fourth-order valence-corrected chi connectivity index (χ4v) is 1.64. The number of aliphatic carboxylic acids is 1. The van der Waals surface area contributed by atoms with E-state index in [9.17, 15) is 19.8 Å². The SMILES string of the molecule is CC(C)C(CNC(=O)c1cc(O)cc(O)c1)C(=O)O. The number of phenolic OH excluding ortho intramolecular Hbond substituents is 2. The van der Waals surface area contributed by atoms with E-state index in [-0.39, 0.29) is 29.5 Å². The van der Waals surface area contributed by atoms with Gasteiger partial charge in [0.05, 0.1) is 5.92 Å². The Labute approximate surface area is 110 Å². The van der Waals surface area contributed by atoms with E-state index in [0.717, 1.165) is 6.07 Å². The zero-order valence-electron chi connectivity index (χ0n) is 10.8. The molecule has 0 bridgehead atoms. The van der Waals surface area contributed by atoms with Crippen LogP contribution in [0.5, 0.6) is 11.5 Å². The first-order chi connectivity index (χ1) is 8.81. The van der Waals surface area contributed by atoms with Gasteiger partial charge < -0.3 is 20.6 Å². The highest BCUT2D eigenvalue weighted by Gasteiger charge is 2.22. The maximum atomic E-state index is 11.8. The lowest BCUT2D eigenvalue weighted by atomic mass is 9.96. The molecule has 6 nitrogen and oxygen atoms in total. The van der Waals surface area contributed by atoms with Crippen molar-refractivity contribution in [3.05, 3.63) is 23.8 Å². The third-order valence-electron chi connectivity index (χ3n) is 2.77. The molecule has 1 unspecified atom stereocenters. The summed E-state index contributed by atoms with van der Waals surface area (Å²) in [6.07, 6.45) is 0. The number of aromatic hydroxyl groups is 2. The molecule has 0 spiro atoms. The van der Waals surface area contributed by atoms with Crippen LogP contribution >= 0.6 is 0 Å². The van der Waals surface area contributed by atoms with Crippen LogP contribution in [0.3, 0.4) is 0 Å². The molecule has 1 amide bonds. The molecule has 4 N–H and O–H groups in total. The van der Waals surface area contributed by atoms with Gasteiger partial charge in [-0.25, -0.2) is 0 Å². The second-order valence-electron chi connectivity index (χ2n) is 4.64. The molecule has 1 atom stereocenters. The quantitative estimate of drug-likeness (QED) is 0.641. The van der Waals surface area contributed by atoms with Crippen LogP contribution in [-0.4, -0.2) is 33.7 Å². The maximum Gasteiger partial charge on any atom is 0.308 e. The van der Waals surface area contributed by atoms with E-state index in [1.807, 2.05) is 0 Å². The van der Waals surface area contributed by atoms with Crippen molar-refractivity contribution < 1.29 is 24.9 Å². The Hall–Kier alpha value is -2.24. The molecular weight excluding hydrogens is 250 g/mol. The molecule has 1 rings (SSSR count). The van der Waals surface area contributed by atoms with Gasteiger partial charge in [0, 0.05) is 18.2 Å². The number of phenols is 2. The second-order valence-corrected chi connectivity index (χ2v) is 4.64. The first-order valence-electron chi connectivity index (χ1n) is 5.85. The number of amides is 1. The minimum atomic E-state index is -0.978. The van der Waals surface area contributed by atoms with Crippen LogP contribution < -0.4 is 5.32 Å². The molecule has 0 aliphatic heterocycles. The average Bonchev–Trinajstić information content (AvgIpc) is 2.26. The molecule has 0 aromatic heterocycles. The highest BCUT2D eigenvalue weighted by atomic mass is 16.4. The van der Waals surface area contributed by atoms with E-state index in [4.69, 9.17) is 5.11 Å². The summed E-state index contributed by atoms with van der Waals surface area (Å²) in [7, 11) is 0. The fourth-order valence-electron chi connectivity index (χ4n) is 1.64. The summed E-state index contributed by atoms with van der Waals surface area (Å²) in [4.78, 5) is 22.7. The molecule has 0 fully saturated rings. The van der Waals surface area contributed by atoms with Crippen molar-refractivity contribution in [3.8, 4) is 11.5 Å².